The quantitative estimate of drug-likeness (QED) is 0.761. The molecule has 0 aromatic carbocycles. The standard InChI is InChI=1S/C14H22N2S/c1-12(13-7-5-10-17-13)16(4)9-6-8-14(2,3)11-15/h5,7,10,12H,6,8-9H2,1-4H3. The van der Waals surface area contributed by atoms with Crippen LogP contribution >= 0.6 is 11.3 Å². The fourth-order valence-corrected chi connectivity index (χ4v) is 2.61. The first-order valence-electron chi connectivity index (χ1n) is 6.11. The van der Waals surface area contributed by atoms with Gasteiger partial charge in [-0.25, -0.2) is 0 Å². The third-order valence-electron chi connectivity index (χ3n) is 3.23. The third kappa shape index (κ3) is 4.49. The van der Waals surface area contributed by atoms with Crippen molar-refractivity contribution in [1.29, 1.82) is 5.26 Å². The van der Waals surface area contributed by atoms with Crippen LogP contribution in [0.15, 0.2) is 17.5 Å². The maximum Gasteiger partial charge on any atom is 0.0683 e. The van der Waals surface area contributed by atoms with Crippen molar-refractivity contribution in [1.82, 2.24) is 4.90 Å². The van der Waals surface area contributed by atoms with Gasteiger partial charge < -0.3 is 0 Å². The SMILES string of the molecule is CC(c1cccs1)N(C)CCCC(C)(C)C#N. The Balaban J connectivity index is 2.36. The number of nitriles is 1. The second-order valence-electron chi connectivity index (χ2n) is 5.27. The van der Waals surface area contributed by atoms with Crippen LogP contribution in [0.5, 0.6) is 0 Å². The van der Waals surface area contributed by atoms with E-state index in [0.29, 0.717) is 6.04 Å². The zero-order chi connectivity index (χ0) is 12.9. The van der Waals surface area contributed by atoms with E-state index in [1.54, 1.807) is 0 Å². The van der Waals surface area contributed by atoms with E-state index in [9.17, 15) is 0 Å². The van der Waals surface area contributed by atoms with E-state index in [2.05, 4.69) is 42.5 Å². The molecule has 1 aromatic rings. The summed E-state index contributed by atoms with van der Waals surface area (Å²) in [5.41, 5.74) is -0.187. The smallest absolute Gasteiger partial charge is 0.0683 e. The van der Waals surface area contributed by atoms with E-state index in [1.165, 1.54) is 4.88 Å². The predicted octanol–water partition coefficient (Wildman–Crippen LogP) is 4.07. The molecule has 0 saturated carbocycles. The van der Waals surface area contributed by atoms with E-state index >= 15 is 0 Å². The van der Waals surface area contributed by atoms with Crippen LogP contribution in [0, 0.1) is 16.7 Å². The van der Waals surface area contributed by atoms with Crippen molar-refractivity contribution in [2.45, 2.75) is 39.7 Å². The molecule has 1 heterocycles. The fourth-order valence-electron chi connectivity index (χ4n) is 1.77. The zero-order valence-electron chi connectivity index (χ0n) is 11.2. The minimum absolute atomic E-state index is 0.187. The van der Waals surface area contributed by atoms with E-state index in [-0.39, 0.29) is 5.41 Å². The molecule has 17 heavy (non-hydrogen) atoms. The zero-order valence-corrected chi connectivity index (χ0v) is 12.0. The maximum absolute atomic E-state index is 8.96. The summed E-state index contributed by atoms with van der Waals surface area (Å²) in [5, 5.41) is 11.1. The molecular weight excluding hydrogens is 228 g/mol. The Morgan fingerprint density at radius 3 is 2.76 bits per heavy atom. The van der Waals surface area contributed by atoms with Gasteiger partial charge >= 0.3 is 0 Å². The Labute approximate surface area is 109 Å². The van der Waals surface area contributed by atoms with Crippen LogP contribution in [0.1, 0.15) is 44.5 Å². The Morgan fingerprint density at radius 2 is 2.24 bits per heavy atom. The number of rotatable bonds is 6. The molecule has 1 atom stereocenters. The molecule has 0 saturated heterocycles. The molecule has 0 aliphatic rings. The lowest BCUT2D eigenvalue weighted by molar-refractivity contribution is 0.248. The highest BCUT2D eigenvalue weighted by Crippen LogP contribution is 2.25. The lowest BCUT2D eigenvalue weighted by atomic mass is 9.90. The minimum atomic E-state index is -0.187. The van der Waals surface area contributed by atoms with Gasteiger partial charge in [-0.05, 0) is 58.7 Å². The normalized spacial score (nSPS) is 13.6. The molecule has 94 valence electrons. The number of hydrogen-bond donors (Lipinski definition) is 0. The van der Waals surface area contributed by atoms with Crippen molar-refractivity contribution in [2.75, 3.05) is 13.6 Å². The Morgan fingerprint density at radius 1 is 1.53 bits per heavy atom. The lowest BCUT2D eigenvalue weighted by Crippen LogP contribution is -2.24. The molecular formula is C14H22N2S. The summed E-state index contributed by atoms with van der Waals surface area (Å²) in [6.07, 6.45) is 2.04. The van der Waals surface area contributed by atoms with Gasteiger partial charge in [0.15, 0.2) is 0 Å². The molecule has 0 radical (unpaired) electrons. The first-order valence-corrected chi connectivity index (χ1v) is 6.99. The first-order chi connectivity index (χ1) is 7.96. The van der Waals surface area contributed by atoms with Gasteiger partial charge in [-0.2, -0.15) is 5.26 Å². The highest BCUT2D eigenvalue weighted by molar-refractivity contribution is 7.10. The summed E-state index contributed by atoms with van der Waals surface area (Å²) in [4.78, 5) is 3.77. The van der Waals surface area contributed by atoms with Crippen LogP contribution in [0.3, 0.4) is 0 Å². The molecule has 0 aliphatic carbocycles. The van der Waals surface area contributed by atoms with Gasteiger partial charge in [-0.15, -0.1) is 11.3 Å². The molecule has 0 spiro atoms. The van der Waals surface area contributed by atoms with Crippen LogP contribution in [0.2, 0.25) is 0 Å². The highest BCUT2D eigenvalue weighted by atomic mass is 32.1. The van der Waals surface area contributed by atoms with Crippen LogP contribution in [-0.2, 0) is 0 Å². The van der Waals surface area contributed by atoms with E-state index in [4.69, 9.17) is 5.26 Å². The average Bonchev–Trinajstić information content (AvgIpc) is 2.81. The minimum Gasteiger partial charge on any atom is -0.299 e. The molecule has 0 aliphatic heterocycles. The topological polar surface area (TPSA) is 27.0 Å². The molecule has 2 nitrogen and oxygen atoms in total. The Bertz CT molecular complexity index is 362. The van der Waals surface area contributed by atoms with Gasteiger partial charge in [-0.3, -0.25) is 4.90 Å². The summed E-state index contributed by atoms with van der Waals surface area (Å²) in [6.45, 7) is 7.30. The van der Waals surface area contributed by atoms with Crippen LogP contribution in [0.4, 0.5) is 0 Å². The molecule has 0 N–H and O–H groups in total. The molecule has 0 amide bonds. The number of nitrogens with zero attached hydrogens (tertiary/aromatic N) is 2. The van der Waals surface area contributed by atoms with E-state index < -0.39 is 0 Å². The summed E-state index contributed by atoms with van der Waals surface area (Å²) in [6, 6.07) is 7.11. The average molecular weight is 250 g/mol. The van der Waals surface area contributed by atoms with Gasteiger partial charge in [0, 0.05) is 10.9 Å². The molecule has 0 fully saturated rings. The third-order valence-corrected chi connectivity index (χ3v) is 4.27. The van der Waals surface area contributed by atoms with Crippen molar-refractivity contribution in [2.24, 2.45) is 5.41 Å². The van der Waals surface area contributed by atoms with Crippen molar-refractivity contribution in [3.05, 3.63) is 22.4 Å². The predicted molar refractivity (Wildman–Crippen MR) is 74.0 cm³/mol. The summed E-state index contributed by atoms with van der Waals surface area (Å²) >= 11 is 1.81. The molecule has 1 aromatic heterocycles. The fraction of sp³-hybridized carbons (Fsp3) is 0.643. The largest absolute Gasteiger partial charge is 0.299 e. The lowest BCUT2D eigenvalue weighted by Gasteiger charge is -2.25. The van der Waals surface area contributed by atoms with Crippen molar-refractivity contribution in [3.8, 4) is 6.07 Å². The summed E-state index contributed by atoms with van der Waals surface area (Å²) in [5.74, 6) is 0. The second-order valence-corrected chi connectivity index (χ2v) is 6.25. The Hall–Kier alpha value is -0.850. The van der Waals surface area contributed by atoms with Gasteiger partial charge in [0.05, 0.1) is 11.5 Å². The maximum atomic E-state index is 8.96. The van der Waals surface area contributed by atoms with E-state index in [0.717, 1.165) is 19.4 Å². The highest BCUT2D eigenvalue weighted by Gasteiger charge is 2.17. The van der Waals surface area contributed by atoms with Gasteiger partial charge in [0.25, 0.3) is 0 Å². The monoisotopic (exact) mass is 250 g/mol. The van der Waals surface area contributed by atoms with Crippen molar-refractivity contribution < 1.29 is 0 Å². The molecule has 1 rings (SSSR count). The van der Waals surface area contributed by atoms with Gasteiger partial charge in [0.1, 0.15) is 0 Å². The molecule has 0 bridgehead atoms. The van der Waals surface area contributed by atoms with Crippen molar-refractivity contribution in [3.63, 3.8) is 0 Å². The molecule has 3 heteroatoms. The van der Waals surface area contributed by atoms with Gasteiger partial charge in [0.2, 0.25) is 0 Å². The Kier molecular flexibility index (Phi) is 5.17. The summed E-state index contributed by atoms with van der Waals surface area (Å²) < 4.78 is 0. The second kappa shape index (κ2) is 6.18. The molecule has 1 unspecified atom stereocenters. The van der Waals surface area contributed by atoms with Crippen molar-refractivity contribution >= 4 is 11.3 Å². The number of thiophene rings is 1. The summed E-state index contributed by atoms with van der Waals surface area (Å²) in [7, 11) is 2.16. The van der Waals surface area contributed by atoms with Crippen LogP contribution < -0.4 is 0 Å². The van der Waals surface area contributed by atoms with Gasteiger partial charge in [-0.1, -0.05) is 6.07 Å². The first kappa shape index (κ1) is 14.2. The van der Waals surface area contributed by atoms with Crippen LogP contribution in [0.25, 0.3) is 0 Å². The van der Waals surface area contributed by atoms with Crippen LogP contribution in [-0.4, -0.2) is 18.5 Å². The van der Waals surface area contributed by atoms with E-state index in [1.807, 2.05) is 25.2 Å². The number of hydrogen-bond acceptors (Lipinski definition) is 3.